The van der Waals surface area contributed by atoms with Crippen LogP contribution < -0.4 is 5.32 Å². The molecule has 1 unspecified atom stereocenters. The van der Waals surface area contributed by atoms with E-state index in [0.29, 0.717) is 4.34 Å². The second-order valence-corrected chi connectivity index (χ2v) is 6.54. The lowest BCUT2D eigenvalue weighted by Gasteiger charge is -2.24. The molecule has 1 aliphatic rings. The molecule has 1 aliphatic carbocycles. The summed E-state index contributed by atoms with van der Waals surface area (Å²) in [5, 5.41) is 3.06. The Balaban J connectivity index is 1.89. The summed E-state index contributed by atoms with van der Waals surface area (Å²) in [6, 6.07) is 3.78. The van der Waals surface area contributed by atoms with Crippen LogP contribution in [0.25, 0.3) is 0 Å². The first kappa shape index (κ1) is 13.8. The Morgan fingerprint density at radius 3 is 2.55 bits per heavy atom. The molecule has 0 bridgehead atoms. The van der Waals surface area contributed by atoms with E-state index in [2.05, 4.69) is 5.32 Å². The fourth-order valence-corrected chi connectivity index (χ4v) is 3.89. The third kappa shape index (κ3) is 2.52. The molecule has 6 heteroatoms. The first-order chi connectivity index (χ1) is 9.54. The van der Waals surface area contributed by atoms with Crippen LogP contribution in [0.5, 0.6) is 0 Å². The quantitative estimate of drug-likeness (QED) is 0.740. The van der Waals surface area contributed by atoms with Gasteiger partial charge in [0.25, 0.3) is 0 Å². The summed E-state index contributed by atoms with van der Waals surface area (Å²) >= 11 is 7.54. The fraction of sp³-hybridized carbons (Fsp3) is 0.286. The number of anilines is 1. The lowest BCUT2D eigenvalue weighted by atomic mass is 9.94. The summed E-state index contributed by atoms with van der Waals surface area (Å²) in [5.41, 5.74) is 1.30. The average Bonchev–Trinajstić information content (AvgIpc) is 2.77. The summed E-state index contributed by atoms with van der Waals surface area (Å²) in [7, 11) is 0. The Hall–Kier alpha value is -1.20. The molecule has 0 saturated carbocycles. The van der Waals surface area contributed by atoms with Gasteiger partial charge in [-0.15, -0.1) is 11.3 Å². The van der Waals surface area contributed by atoms with Gasteiger partial charge in [-0.1, -0.05) is 11.6 Å². The van der Waals surface area contributed by atoms with Crippen molar-refractivity contribution in [1.82, 2.24) is 0 Å². The van der Waals surface area contributed by atoms with Crippen LogP contribution >= 0.6 is 22.9 Å². The number of halogens is 4. The van der Waals surface area contributed by atoms with E-state index in [1.807, 2.05) is 6.07 Å². The van der Waals surface area contributed by atoms with Crippen molar-refractivity contribution >= 4 is 28.6 Å². The first-order valence-electron chi connectivity index (χ1n) is 6.24. The van der Waals surface area contributed by atoms with E-state index in [9.17, 15) is 13.2 Å². The van der Waals surface area contributed by atoms with Gasteiger partial charge in [0, 0.05) is 22.7 Å². The molecule has 1 heterocycles. The third-order valence-electron chi connectivity index (χ3n) is 3.41. The second kappa shape index (κ2) is 5.30. The third-order valence-corrected chi connectivity index (χ3v) is 4.75. The predicted octanol–water partition coefficient (Wildman–Crippen LogP) is 5.31. The SMILES string of the molecule is Fc1cc(NC2CCCc3sc(Cl)cc32)cc(F)c1F. The van der Waals surface area contributed by atoms with Gasteiger partial charge < -0.3 is 5.32 Å². The van der Waals surface area contributed by atoms with Crippen molar-refractivity contribution in [3.63, 3.8) is 0 Å². The number of benzene rings is 1. The van der Waals surface area contributed by atoms with Gasteiger partial charge in [-0.25, -0.2) is 13.2 Å². The summed E-state index contributed by atoms with van der Waals surface area (Å²) < 4.78 is 40.1. The normalized spacial score (nSPS) is 17.9. The van der Waals surface area contributed by atoms with Crippen molar-refractivity contribution in [3.8, 4) is 0 Å². The minimum Gasteiger partial charge on any atom is -0.378 e. The molecule has 0 aliphatic heterocycles. The Labute approximate surface area is 123 Å². The van der Waals surface area contributed by atoms with Crippen molar-refractivity contribution in [3.05, 3.63) is 50.4 Å². The Bertz CT molecular complexity index is 633. The molecule has 1 aromatic carbocycles. The average molecular weight is 318 g/mol. The molecule has 1 aromatic heterocycles. The van der Waals surface area contributed by atoms with Crippen LogP contribution in [-0.2, 0) is 6.42 Å². The summed E-state index contributed by atoms with van der Waals surface area (Å²) in [4.78, 5) is 1.20. The molecular weight excluding hydrogens is 307 g/mol. The topological polar surface area (TPSA) is 12.0 Å². The predicted molar refractivity (Wildman–Crippen MR) is 74.9 cm³/mol. The zero-order valence-electron chi connectivity index (χ0n) is 10.4. The number of nitrogens with one attached hydrogen (secondary N) is 1. The lowest BCUT2D eigenvalue weighted by Crippen LogP contribution is -2.16. The van der Waals surface area contributed by atoms with E-state index in [-0.39, 0.29) is 11.7 Å². The van der Waals surface area contributed by atoms with Crippen molar-refractivity contribution in [2.75, 3.05) is 5.32 Å². The minimum absolute atomic E-state index is 0.0493. The largest absolute Gasteiger partial charge is 0.378 e. The van der Waals surface area contributed by atoms with Gasteiger partial charge >= 0.3 is 0 Å². The maximum absolute atomic E-state index is 13.2. The van der Waals surface area contributed by atoms with E-state index in [1.165, 1.54) is 16.2 Å². The molecule has 1 N–H and O–H groups in total. The molecule has 0 saturated heterocycles. The molecule has 20 heavy (non-hydrogen) atoms. The van der Waals surface area contributed by atoms with Crippen molar-refractivity contribution in [2.24, 2.45) is 0 Å². The van der Waals surface area contributed by atoms with Crippen LogP contribution in [0.3, 0.4) is 0 Å². The van der Waals surface area contributed by atoms with Gasteiger partial charge in [-0.2, -0.15) is 0 Å². The van der Waals surface area contributed by atoms with Crippen molar-refractivity contribution < 1.29 is 13.2 Å². The van der Waals surface area contributed by atoms with Gasteiger partial charge in [-0.05, 0) is 30.9 Å². The number of aryl methyl sites for hydroxylation is 1. The van der Waals surface area contributed by atoms with Crippen LogP contribution in [0.4, 0.5) is 18.9 Å². The summed E-state index contributed by atoms with van der Waals surface area (Å²) in [6.45, 7) is 0. The van der Waals surface area contributed by atoms with Crippen LogP contribution in [0.15, 0.2) is 18.2 Å². The number of hydrogen-bond donors (Lipinski definition) is 1. The van der Waals surface area contributed by atoms with E-state index >= 15 is 0 Å². The van der Waals surface area contributed by atoms with E-state index in [1.54, 1.807) is 0 Å². The Morgan fingerprint density at radius 1 is 1.15 bits per heavy atom. The Kier molecular flexibility index (Phi) is 3.65. The van der Waals surface area contributed by atoms with Crippen LogP contribution in [-0.4, -0.2) is 0 Å². The van der Waals surface area contributed by atoms with Gasteiger partial charge in [0.2, 0.25) is 0 Å². The summed E-state index contributed by atoms with van der Waals surface area (Å²) in [5.74, 6) is -3.82. The maximum Gasteiger partial charge on any atom is 0.194 e. The fourth-order valence-electron chi connectivity index (χ4n) is 2.51. The van der Waals surface area contributed by atoms with Gasteiger partial charge in [-0.3, -0.25) is 0 Å². The molecule has 0 amide bonds. The number of thiophene rings is 1. The monoisotopic (exact) mass is 317 g/mol. The molecule has 0 spiro atoms. The first-order valence-corrected chi connectivity index (χ1v) is 7.43. The highest BCUT2D eigenvalue weighted by molar-refractivity contribution is 7.16. The standard InChI is InChI=1S/C14H11ClF3NS/c15-13-6-8-11(2-1-3-12(8)20-13)19-7-4-9(16)14(18)10(17)5-7/h4-6,11,19H,1-3H2. The van der Waals surface area contributed by atoms with Gasteiger partial charge in [0.15, 0.2) is 17.5 Å². The van der Waals surface area contributed by atoms with Gasteiger partial charge in [0.05, 0.1) is 10.4 Å². The minimum atomic E-state index is -1.45. The molecule has 2 aromatic rings. The van der Waals surface area contributed by atoms with E-state index < -0.39 is 17.5 Å². The second-order valence-electron chi connectivity index (χ2n) is 4.77. The lowest BCUT2D eigenvalue weighted by molar-refractivity contribution is 0.447. The number of rotatable bonds is 2. The highest BCUT2D eigenvalue weighted by Gasteiger charge is 2.23. The molecule has 1 nitrogen and oxygen atoms in total. The highest BCUT2D eigenvalue weighted by Crippen LogP contribution is 2.39. The van der Waals surface area contributed by atoms with Crippen molar-refractivity contribution in [1.29, 1.82) is 0 Å². The molecule has 0 fully saturated rings. The zero-order valence-corrected chi connectivity index (χ0v) is 11.9. The molecule has 1 atom stereocenters. The van der Waals surface area contributed by atoms with Crippen LogP contribution in [0.1, 0.15) is 29.3 Å². The number of hydrogen-bond acceptors (Lipinski definition) is 2. The molecule has 0 radical (unpaired) electrons. The van der Waals surface area contributed by atoms with Crippen molar-refractivity contribution in [2.45, 2.75) is 25.3 Å². The highest BCUT2D eigenvalue weighted by atomic mass is 35.5. The van der Waals surface area contributed by atoms with Gasteiger partial charge in [0.1, 0.15) is 0 Å². The Morgan fingerprint density at radius 2 is 1.85 bits per heavy atom. The summed E-state index contributed by atoms with van der Waals surface area (Å²) in [6.07, 6.45) is 2.80. The molecule has 106 valence electrons. The zero-order chi connectivity index (χ0) is 14.3. The molecule has 3 rings (SSSR count). The van der Waals surface area contributed by atoms with E-state index in [0.717, 1.165) is 37.0 Å². The smallest absolute Gasteiger partial charge is 0.194 e. The van der Waals surface area contributed by atoms with Crippen LogP contribution in [0.2, 0.25) is 4.34 Å². The maximum atomic E-state index is 13.2. The van der Waals surface area contributed by atoms with Crippen LogP contribution in [0, 0.1) is 17.5 Å². The van der Waals surface area contributed by atoms with E-state index in [4.69, 9.17) is 11.6 Å². The number of fused-ring (bicyclic) bond motifs is 1. The molecular formula is C14H11ClF3NS.